The molecule has 0 heterocycles. The monoisotopic (exact) mass is 371 g/mol. The summed E-state index contributed by atoms with van der Waals surface area (Å²) in [7, 11) is 1.56. The first-order valence-electron chi connectivity index (χ1n) is 8.67. The molecule has 6 nitrogen and oxygen atoms in total. The molecule has 27 heavy (non-hydrogen) atoms. The summed E-state index contributed by atoms with van der Waals surface area (Å²) in [5.41, 5.74) is 1.92. The molecule has 0 saturated carbocycles. The lowest BCUT2D eigenvalue weighted by Gasteiger charge is -2.25. The van der Waals surface area contributed by atoms with Gasteiger partial charge in [-0.25, -0.2) is 5.48 Å². The van der Waals surface area contributed by atoms with E-state index in [0.717, 1.165) is 0 Å². The van der Waals surface area contributed by atoms with Crippen LogP contribution < -0.4 is 15.0 Å². The van der Waals surface area contributed by atoms with Gasteiger partial charge < -0.3 is 14.6 Å². The van der Waals surface area contributed by atoms with E-state index in [1.165, 1.54) is 12.2 Å². The molecule has 0 bridgehead atoms. The van der Waals surface area contributed by atoms with Crippen LogP contribution in [0.15, 0.2) is 48.5 Å². The number of carbonyl (C=O) groups is 1. The number of nitrogens with one attached hydrogen (secondary N) is 1. The van der Waals surface area contributed by atoms with Gasteiger partial charge in [0.1, 0.15) is 17.2 Å². The minimum atomic E-state index is -0.951. The van der Waals surface area contributed by atoms with Crippen LogP contribution in [-0.4, -0.2) is 28.9 Å². The van der Waals surface area contributed by atoms with Crippen molar-refractivity contribution in [1.82, 2.24) is 5.48 Å². The Morgan fingerprint density at radius 3 is 2.52 bits per heavy atom. The minimum Gasteiger partial charge on any atom is -0.496 e. The van der Waals surface area contributed by atoms with Crippen molar-refractivity contribution in [2.75, 3.05) is 7.11 Å². The van der Waals surface area contributed by atoms with Gasteiger partial charge in [-0.05, 0) is 43.7 Å². The molecule has 1 amide bonds. The molecule has 0 saturated heterocycles. The summed E-state index contributed by atoms with van der Waals surface area (Å²) in [6, 6.07) is 12.7. The molecule has 0 spiro atoms. The summed E-state index contributed by atoms with van der Waals surface area (Å²) >= 11 is 0. The maximum atomic E-state index is 11.4. The number of aliphatic hydroxyl groups is 1. The van der Waals surface area contributed by atoms with Gasteiger partial charge in [0, 0.05) is 23.6 Å². The predicted molar refractivity (Wildman–Crippen MR) is 103 cm³/mol. The van der Waals surface area contributed by atoms with E-state index in [9.17, 15) is 9.90 Å². The van der Waals surface area contributed by atoms with Gasteiger partial charge in [0.15, 0.2) is 0 Å². The number of hydrogen-bond donors (Lipinski definition) is 3. The summed E-state index contributed by atoms with van der Waals surface area (Å²) in [5, 5.41) is 19.3. The summed E-state index contributed by atoms with van der Waals surface area (Å²) < 4.78 is 11.6. The summed E-state index contributed by atoms with van der Waals surface area (Å²) in [4.78, 5) is 11.4. The van der Waals surface area contributed by atoms with Crippen LogP contribution >= 0.6 is 0 Å². The van der Waals surface area contributed by atoms with Gasteiger partial charge in [-0.1, -0.05) is 25.1 Å². The minimum absolute atomic E-state index is 0.308. The lowest BCUT2D eigenvalue weighted by atomic mass is 9.91. The molecule has 1 atom stereocenters. The average molecular weight is 371 g/mol. The van der Waals surface area contributed by atoms with Crippen LogP contribution in [0.25, 0.3) is 6.08 Å². The van der Waals surface area contributed by atoms with E-state index < -0.39 is 11.5 Å². The fourth-order valence-electron chi connectivity index (χ4n) is 2.55. The van der Waals surface area contributed by atoms with Crippen LogP contribution in [-0.2, 0) is 11.2 Å². The van der Waals surface area contributed by atoms with E-state index in [0.29, 0.717) is 41.2 Å². The molecule has 0 fully saturated rings. The van der Waals surface area contributed by atoms with E-state index in [-0.39, 0.29) is 0 Å². The first kappa shape index (κ1) is 20.5. The van der Waals surface area contributed by atoms with Gasteiger partial charge in [-0.15, -0.1) is 0 Å². The molecule has 1 unspecified atom stereocenters. The van der Waals surface area contributed by atoms with Crippen LogP contribution in [0.1, 0.15) is 31.4 Å². The highest BCUT2D eigenvalue weighted by molar-refractivity contribution is 5.91. The fraction of sp³-hybridized carbons (Fsp3) is 0.286. The van der Waals surface area contributed by atoms with E-state index in [2.05, 4.69) is 0 Å². The molecular formula is C21H25NO5. The van der Waals surface area contributed by atoms with E-state index in [4.69, 9.17) is 14.7 Å². The van der Waals surface area contributed by atoms with Crippen molar-refractivity contribution in [3.63, 3.8) is 0 Å². The number of benzene rings is 2. The van der Waals surface area contributed by atoms with Crippen molar-refractivity contribution in [2.24, 2.45) is 0 Å². The first-order chi connectivity index (χ1) is 12.9. The Morgan fingerprint density at radius 1 is 1.22 bits per heavy atom. The Hall–Kier alpha value is -2.83. The zero-order valence-corrected chi connectivity index (χ0v) is 15.7. The number of amides is 1. The van der Waals surface area contributed by atoms with Crippen LogP contribution in [0, 0.1) is 0 Å². The van der Waals surface area contributed by atoms with E-state index >= 15 is 0 Å². The van der Waals surface area contributed by atoms with Crippen molar-refractivity contribution in [3.05, 3.63) is 59.7 Å². The number of methoxy groups -OCH3 is 1. The second-order valence-electron chi connectivity index (χ2n) is 6.42. The molecule has 2 aromatic rings. The molecule has 3 N–H and O–H groups in total. The molecule has 0 aliphatic rings. The highest BCUT2D eigenvalue weighted by atomic mass is 16.5. The summed E-state index contributed by atoms with van der Waals surface area (Å²) in [6.07, 6.45) is 3.59. The SMILES string of the molecule is CCC(C)(O)Cc1c(OC)ccc(/C=C/C(=O)NO)c1Oc1ccccc1. The standard InChI is InChI=1S/C21H25NO5/c1-4-21(2,24)14-17-18(26-3)12-10-15(11-13-19(23)22-25)20(17)27-16-8-6-5-7-9-16/h5-13,24-25H,4,14H2,1-3H3,(H,22,23)/b13-11+. The number of hydroxylamine groups is 1. The molecule has 2 rings (SSSR count). The topological polar surface area (TPSA) is 88.0 Å². The van der Waals surface area contributed by atoms with E-state index in [1.54, 1.807) is 31.6 Å². The largest absolute Gasteiger partial charge is 0.496 e. The molecule has 0 aliphatic carbocycles. The lowest BCUT2D eigenvalue weighted by Crippen LogP contribution is -2.26. The highest BCUT2D eigenvalue weighted by Crippen LogP contribution is 2.39. The molecule has 6 heteroatoms. The van der Waals surface area contributed by atoms with Crippen molar-refractivity contribution in [2.45, 2.75) is 32.3 Å². The van der Waals surface area contributed by atoms with E-state index in [1.807, 2.05) is 37.3 Å². The number of ether oxygens (including phenoxy) is 2. The lowest BCUT2D eigenvalue weighted by molar-refractivity contribution is -0.124. The van der Waals surface area contributed by atoms with Crippen molar-refractivity contribution in [1.29, 1.82) is 0 Å². The molecule has 144 valence electrons. The zero-order chi connectivity index (χ0) is 19.9. The second kappa shape index (κ2) is 9.21. The Kier molecular flexibility index (Phi) is 6.98. The van der Waals surface area contributed by atoms with Gasteiger partial charge in [0.25, 0.3) is 5.91 Å². The van der Waals surface area contributed by atoms with Gasteiger partial charge in [-0.2, -0.15) is 0 Å². The van der Waals surface area contributed by atoms with Crippen LogP contribution in [0.5, 0.6) is 17.2 Å². The van der Waals surface area contributed by atoms with Crippen molar-refractivity contribution >= 4 is 12.0 Å². The second-order valence-corrected chi connectivity index (χ2v) is 6.42. The zero-order valence-electron chi connectivity index (χ0n) is 15.7. The van der Waals surface area contributed by atoms with Crippen LogP contribution in [0.3, 0.4) is 0 Å². The van der Waals surface area contributed by atoms with Crippen molar-refractivity contribution in [3.8, 4) is 17.2 Å². The molecule has 0 radical (unpaired) electrons. The predicted octanol–water partition coefficient (Wildman–Crippen LogP) is 3.71. The van der Waals surface area contributed by atoms with Crippen molar-refractivity contribution < 1.29 is 24.6 Å². The van der Waals surface area contributed by atoms with Gasteiger partial charge >= 0.3 is 0 Å². The first-order valence-corrected chi connectivity index (χ1v) is 8.67. The number of carbonyl (C=O) groups excluding carboxylic acids is 1. The maximum Gasteiger partial charge on any atom is 0.267 e. The number of para-hydroxylation sites is 1. The third kappa shape index (κ3) is 5.57. The van der Waals surface area contributed by atoms with Crippen LogP contribution in [0.4, 0.5) is 0 Å². The average Bonchev–Trinajstić information content (AvgIpc) is 2.68. The summed E-state index contributed by atoms with van der Waals surface area (Å²) in [6.45, 7) is 3.65. The molecule has 0 aromatic heterocycles. The third-order valence-electron chi connectivity index (χ3n) is 4.27. The Balaban J connectivity index is 2.59. The van der Waals surface area contributed by atoms with Crippen LogP contribution in [0.2, 0.25) is 0 Å². The normalized spacial score (nSPS) is 13.2. The highest BCUT2D eigenvalue weighted by Gasteiger charge is 2.25. The smallest absolute Gasteiger partial charge is 0.267 e. The Bertz CT molecular complexity index is 800. The molecule has 2 aromatic carbocycles. The third-order valence-corrected chi connectivity index (χ3v) is 4.27. The molecule has 0 aliphatic heterocycles. The maximum absolute atomic E-state index is 11.4. The van der Waals surface area contributed by atoms with Gasteiger partial charge in [-0.3, -0.25) is 10.0 Å². The summed E-state index contributed by atoms with van der Waals surface area (Å²) in [5.74, 6) is 1.03. The Labute approximate surface area is 159 Å². The number of rotatable bonds is 8. The molecular weight excluding hydrogens is 346 g/mol. The van der Waals surface area contributed by atoms with Gasteiger partial charge in [0.05, 0.1) is 12.7 Å². The van der Waals surface area contributed by atoms with Gasteiger partial charge in [0.2, 0.25) is 0 Å². The number of hydrogen-bond acceptors (Lipinski definition) is 5. The quantitative estimate of drug-likeness (QED) is 0.374. The Morgan fingerprint density at radius 2 is 1.93 bits per heavy atom. The fourth-order valence-corrected chi connectivity index (χ4v) is 2.55.